The predicted molar refractivity (Wildman–Crippen MR) is 86.0 cm³/mol. The highest BCUT2D eigenvalue weighted by Crippen LogP contribution is 2.17. The third-order valence-corrected chi connectivity index (χ3v) is 3.05. The van der Waals surface area contributed by atoms with Crippen LogP contribution < -0.4 is 10.6 Å². The van der Waals surface area contributed by atoms with Crippen molar-refractivity contribution in [2.24, 2.45) is 0 Å². The molecule has 0 fully saturated rings. The molecule has 114 valence electrons. The summed E-state index contributed by atoms with van der Waals surface area (Å²) in [6.07, 6.45) is 0.702. The van der Waals surface area contributed by atoms with E-state index in [-0.39, 0.29) is 8.76 Å². The normalized spacial score (nSPS) is 10.3. The fraction of sp³-hybridized carbons (Fsp3) is 0.333. The van der Waals surface area contributed by atoms with E-state index in [0.29, 0.717) is 17.9 Å². The number of aromatic nitrogens is 3. The van der Waals surface area contributed by atoms with Gasteiger partial charge in [0.15, 0.2) is 11.5 Å². The Hall–Kier alpha value is -2.50. The topological polar surface area (TPSA) is 79.8 Å². The molecule has 0 unspecified atom stereocenters. The van der Waals surface area contributed by atoms with Crippen LogP contribution in [0.15, 0.2) is 18.2 Å². The first kappa shape index (κ1) is 14.9. The van der Waals surface area contributed by atoms with Crippen molar-refractivity contribution in [3.05, 3.63) is 40.7 Å². The second kappa shape index (κ2) is 6.30. The monoisotopic (exact) mass is 289 g/mol. The lowest BCUT2D eigenvalue weighted by Crippen LogP contribution is -2.22. The summed E-state index contributed by atoms with van der Waals surface area (Å²) in [4.78, 5) is 16.1. The minimum absolute atomic E-state index is 0. The Morgan fingerprint density at radius 1 is 1.19 bits per heavy atom. The molecule has 0 aromatic carbocycles. The van der Waals surface area contributed by atoms with Crippen LogP contribution >= 0.6 is 0 Å². The van der Waals surface area contributed by atoms with Gasteiger partial charge in [-0.25, -0.2) is 4.98 Å². The lowest BCUT2D eigenvalue weighted by molar-refractivity contribution is 0.0956. The van der Waals surface area contributed by atoms with Gasteiger partial charge in [0.2, 0.25) is 0 Å². The average molecular weight is 289 g/mol. The molecule has 2 N–H and O–H groups in total. The largest absolute Gasteiger partial charge is 0.354 e. The van der Waals surface area contributed by atoms with Crippen LogP contribution in [0.3, 0.4) is 0 Å². The fourth-order valence-corrected chi connectivity index (χ4v) is 2.11. The zero-order valence-corrected chi connectivity index (χ0v) is 12.7. The number of hydrogen-bond donors (Lipinski definition) is 2. The Morgan fingerprint density at radius 3 is 2.57 bits per heavy atom. The third kappa shape index (κ3) is 3.53. The molecule has 2 rings (SSSR count). The molecule has 0 aliphatic rings. The van der Waals surface area contributed by atoms with Gasteiger partial charge < -0.3 is 10.6 Å². The van der Waals surface area contributed by atoms with Crippen molar-refractivity contribution in [2.75, 3.05) is 12.4 Å². The Kier molecular flexibility index (Phi) is 4.47. The summed E-state index contributed by atoms with van der Waals surface area (Å²) in [5.74, 6) is 1.07. The van der Waals surface area contributed by atoms with Gasteiger partial charge in [0, 0.05) is 15.6 Å². The molecule has 0 bridgehead atoms. The lowest BCUT2D eigenvalue weighted by Gasteiger charge is -2.09. The number of hydrogen-bond acceptors (Lipinski definition) is 5. The molecule has 0 aliphatic heterocycles. The van der Waals surface area contributed by atoms with Crippen molar-refractivity contribution in [2.45, 2.75) is 27.2 Å². The molecule has 0 saturated carbocycles. The average Bonchev–Trinajstić information content (AvgIpc) is 2.45. The van der Waals surface area contributed by atoms with Crippen LogP contribution in [-0.4, -0.2) is 28.1 Å². The zero-order chi connectivity index (χ0) is 15.4. The fourth-order valence-electron chi connectivity index (χ4n) is 2.11. The molecular weight excluding hydrogens is 266 g/mol. The minimum Gasteiger partial charge on any atom is -0.354 e. The van der Waals surface area contributed by atoms with Gasteiger partial charge in [-0.05, 0) is 49.6 Å². The maximum atomic E-state index is 11.7. The molecule has 0 atom stereocenters. The van der Waals surface area contributed by atoms with Crippen LogP contribution in [0.5, 0.6) is 0 Å². The summed E-state index contributed by atoms with van der Waals surface area (Å²) in [6, 6.07) is 5.77. The van der Waals surface area contributed by atoms with E-state index in [9.17, 15) is 4.79 Å². The number of aryl methyl sites for hydroxylation is 3. The van der Waals surface area contributed by atoms with Gasteiger partial charge in [0.1, 0.15) is 5.82 Å². The summed E-state index contributed by atoms with van der Waals surface area (Å²) >= 11 is 0. The van der Waals surface area contributed by atoms with E-state index in [1.807, 2.05) is 39.0 Å². The van der Waals surface area contributed by atoms with Gasteiger partial charge in [0.05, 0.1) is 0 Å². The molecule has 6 nitrogen and oxygen atoms in total. The van der Waals surface area contributed by atoms with Crippen molar-refractivity contribution >= 4 is 17.5 Å². The molecule has 6 heteroatoms. The van der Waals surface area contributed by atoms with Crippen LogP contribution in [0.25, 0.3) is 0 Å². The second-order valence-corrected chi connectivity index (χ2v) is 4.83. The van der Waals surface area contributed by atoms with E-state index in [0.717, 1.165) is 22.6 Å². The maximum Gasteiger partial charge on any atom is 0.271 e. The maximum absolute atomic E-state index is 11.7. The number of carbonyl (C=O) groups is 1. The number of nitrogens with one attached hydrogen (secondary N) is 2. The molecule has 0 saturated heterocycles. The molecule has 0 aliphatic carbocycles. The highest BCUT2D eigenvalue weighted by atomic mass is 16.1. The van der Waals surface area contributed by atoms with Gasteiger partial charge >= 0.3 is 0 Å². The van der Waals surface area contributed by atoms with Crippen molar-refractivity contribution in [1.82, 2.24) is 20.5 Å². The van der Waals surface area contributed by atoms with E-state index in [4.69, 9.17) is 0 Å². The first-order valence-electron chi connectivity index (χ1n) is 6.84. The van der Waals surface area contributed by atoms with Crippen molar-refractivity contribution in [3.63, 3.8) is 0 Å². The van der Waals surface area contributed by atoms with Crippen LogP contribution in [0.1, 0.15) is 37.1 Å². The quantitative estimate of drug-likeness (QED) is 0.904. The molecule has 2 heterocycles. The van der Waals surface area contributed by atoms with E-state index < -0.39 is 0 Å². The smallest absolute Gasteiger partial charge is 0.271 e. The van der Waals surface area contributed by atoms with E-state index in [2.05, 4.69) is 25.8 Å². The van der Waals surface area contributed by atoms with Gasteiger partial charge in [-0.15, -0.1) is 10.2 Å². The van der Waals surface area contributed by atoms with Crippen molar-refractivity contribution < 1.29 is 7.65 Å². The molecule has 21 heavy (non-hydrogen) atoms. The Balaban J connectivity index is 0.00000242. The summed E-state index contributed by atoms with van der Waals surface area (Å²) in [7, 11) is 1.58. The standard InChI is InChI=1S/C15H19N5O.2H2/c1-5-11-8-13(19-20-14(11)15(21)16-4)18-12-7-9(2)6-10(3)17-12;;/h6-8H,5H2,1-4H3,(H,16,21)(H,17,18,19);2*1H. The number of pyridine rings is 1. The van der Waals surface area contributed by atoms with E-state index in [1.165, 1.54) is 0 Å². The second-order valence-electron chi connectivity index (χ2n) is 4.83. The molecular formula is C15H23N5O. The van der Waals surface area contributed by atoms with Gasteiger partial charge in [0.25, 0.3) is 5.91 Å². The first-order valence-corrected chi connectivity index (χ1v) is 6.84. The minimum atomic E-state index is -0.226. The molecule has 1 amide bonds. The molecule has 0 radical (unpaired) electrons. The van der Waals surface area contributed by atoms with Crippen LogP contribution in [-0.2, 0) is 6.42 Å². The summed E-state index contributed by atoms with van der Waals surface area (Å²) in [5, 5.41) is 13.8. The number of carbonyl (C=O) groups excluding carboxylic acids is 1. The third-order valence-electron chi connectivity index (χ3n) is 3.05. The van der Waals surface area contributed by atoms with Crippen molar-refractivity contribution in [1.29, 1.82) is 0 Å². The zero-order valence-electron chi connectivity index (χ0n) is 12.7. The number of rotatable bonds is 4. The van der Waals surface area contributed by atoms with Gasteiger partial charge in [-0.2, -0.15) is 0 Å². The summed E-state index contributed by atoms with van der Waals surface area (Å²) in [5.41, 5.74) is 3.26. The SMILES string of the molecule is CCc1cc(Nc2cc(C)cc(C)n2)nnc1C(=O)NC.[HH].[HH]. The lowest BCUT2D eigenvalue weighted by atomic mass is 10.1. The number of nitrogens with zero attached hydrogens (tertiary/aromatic N) is 3. The molecule has 2 aromatic rings. The molecule has 0 spiro atoms. The Labute approximate surface area is 127 Å². The van der Waals surface area contributed by atoms with Crippen LogP contribution in [0.4, 0.5) is 11.6 Å². The first-order chi connectivity index (χ1) is 10.0. The Morgan fingerprint density at radius 2 is 1.95 bits per heavy atom. The van der Waals surface area contributed by atoms with Gasteiger partial charge in [-0.3, -0.25) is 4.79 Å². The number of amides is 1. The number of anilines is 2. The van der Waals surface area contributed by atoms with E-state index >= 15 is 0 Å². The highest BCUT2D eigenvalue weighted by Gasteiger charge is 2.13. The predicted octanol–water partition coefficient (Wildman–Crippen LogP) is 2.65. The van der Waals surface area contributed by atoms with Crippen LogP contribution in [0.2, 0.25) is 0 Å². The van der Waals surface area contributed by atoms with Crippen molar-refractivity contribution in [3.8, 4) is 0 Å². The highest BCUT2D eigenvalue weighted by molar-refractivity contribution is 5.93. The Bertz CT molecular complexity index is 659. The summed E-state index contributed by atoms with van der Waals surface area (Å²) in [6.45, 7) is 5.93. The summed E-state index contributed by atoms with van der Waals surface area (Å²) < 4.78 is 0. The molecule has 2 aromatic heterocycles. The van der Waals surface area contributed by atoms with Crippen LogP contribution in [0, 0.1) is 13.8 Å². The van der Waals surface area contributed by atoms with E-state index in [1.54, 1.807) is 7.05 Å². The van der Waals surface area contributed by atoms with Gasteiger partial charge in [-0.1, -0.05) is 6.92 Å².